The van der Waals surface area contributed by atoms with Crippen molar-refractivity contribution < 1.29 is 4.79 Å². The average molecular weight is 261 g/mol. The number of carbonyl (C=O) groups is 1. The fourth-order valence-corrected chi connectivity index (χ4v) is 3.85. The first-order valence-electron chi connectivity index (χ1n) is 4.11. The summed E-state index contributed by atoms with van der Waals surface area (Å²) in [7, 11) is 0. The van der Waals surface area contributed by atoms with Crippen LogP contribution in [0.2, 0.25) is 0 Å². The Balaban J connectivity index is 2.34. The number of fused-ring (bicyclic) bond motifs is 1. The molecule has 0 bridgehead atoms. The van der Waals surface area contributed by atoms with Gasteiger partial charge in [-0.2, -0.15) is 0 Å². The molecule has 5 heteroatoms. The largest absolute Gasteiger partial charge is 0.317 e. The molecule has 2 rings (SSSR count). The minimum atomic E-state index is -0.0608. The molecule has 0 radical (unpaired) electrons. The molecule has 0 aromatic carbocycles. The van der Waals surface area contributed by atoms with Gasteiger partial charge in [0.15, 0.2) is 0 Å². The SMILES string of the molecule is CCC1=C(Br)SC2N=CNC(=O)C12. The van der Waals surface area contributed by atoms with E-state index in [0.717, 1.165) is 10.2 Å². The molecule has 2 heterocycles. The average Bonchev–Trinajstić information content (AvgIpc) is 2.42. The van der Waals surface area contributed by atoms with Crippen molar-refractivity contribution in [2.24, 2.45) is 10.9 Å². The Labute approximate surface area is 89.2 Å². The third kappa shape index (κ3) is 1.44. The van der Waals surface area contributed by atoms with Crippen LogP contribution in [0.3, 0.4) is 0 Å². The van der Waals surface area contributed by atoms with Crippen LogP contribution in [-0.2, 0) is 4.79 Å². The van der Waals surface area contributed by atoms with Gasteiger partial charge in [0.2, 0.25) is 5.91 Å². The van der Waals surface area contributed by atoms with E-state index in [-0.39, 0.29) is 17.2 Å². The van der Waals surface area contributed by atoms with E-state index >= 15 is 0 Å². The van der Waals surface area contributed by atoms with Crippen molar-refractivity contribution in [3.63, 3.8) is 0 Å². The molecule has 0 aromatic heterocycles. The molecular weight excluding hydrogens is 252 g/mol. The van der Waals surface area contributed by atoms with Crippen LogP contribution < -0.4 is 5.32 Å². The Morgan fingerprint density at radius 3 is 3.23 bits per heavy atom. The maximum absolute atomic E-state index is 11.5. The second-order valence-electron chi connectivity index (χ2n) is 2.93. The van der Waals surface area contributed by atoms with E-state index in [1.54, 1.807) is 11.8 Å². The van der Waals surface area contributed by atoms with Crippen molar-refractivity contribution in [2.75, 3.05) is 0 Å². The predicted molar refractivity (Wildman–Crippen MR) is 57.7 cm³/mol. The molecule has 0 aliphatic carbocycles. The van der Waals surface area contributed by atoms with Crippen LogP contribution in [0.4, 0.5) is 0 Å². The van der Waals surface area contributed by atoms with Gasteiger partial charge in [0.25, 0.3) is 0 Å². The number of aliphatic imine (C=N–C) groups is 1. The summed E-state index contributed by atoms with van der Waals surface area (Å²) in [6.45, 7) is 2.06. The van der Waals surface area contributed by atoms with Gasteiger partial charge in [-0.25, -0.2) is 0 Å². The van der Waals surface area contributed by atoms with Gasteiger partial charge in [0, 0.05) is 0 Å². The molecule has 0 aromatic rings. The topological polar surface area (TPSA) is 41.5 Å². The number of hydrogen-bond donors (Lipinski definition) is 1. The third-order valence-corrected chi connectivity index (χ3v) is 4.40. The van der Waals surface area contributed by atoms with Crippen LogP contribution in [0.5, 0.6) is 0 Å². The van der Waals surface area contributed by atoms with Crippen molar-refractivity contribution in [3.05, 3.63) is 9.39 Å². The zero-order valence-electron chi connectivity index (χ0n) is 7.08. The van der Waals surface area contributed by atoms with Gasteiger partial charge in [0.05, 0.1) is 16.1 Å². The molecule has 70 valence electrons. The number of amides is 1. The highest BCUT2D eigenvalue weighted by atomic mass is 79.9. The molecule has 2 aliphatic heterocycles. The van der Waals surface area contributed by atoms with Crippen molar-refractivity contribution in [3.8, 4) is 0 Å². The molecule has 0 saturated carbocycles. The third-order valence-electron chi connectivity index (χ3n) is 2.23. The fraction of sp³-hybridized carbons (Fsp3) is 0.500. The van der Waals surface area contributed by atoms with E-state index in [1.165, 1.54) is 11.9 Å². The predicted octanol–water partition coefficient (Wildman–Crippen LogP) is 1.85. The summed E-state index contributed by atoms with van der Waals surface area (Å²) in [5.41, 5.74) is 1.17. The van der Waals surface area contributed by atoms with Crippen LogP contribution >= 0.6 is 27.7 Å². The number of hydrogen-bond acceptors (Lipinski definition) is 3. The fourth-order valence-electron chi connectivity index (χ4n) is 1.57. The van der Waals surface area contributed by atoms with Crippen LogP contribution in [0.15, 0.2) is 14.4 Å². The van der Waals surface area contributed by atoms with Gasteiger partial charge in [-0.1, -0.05) is 18.7 Å². The molecule has 2 atom stereocenters. The molecule has 1 N–H and O–H groups in total. The maximum atomic E-state index is 11.5. The minimum Gasteiger partial charge on any atom is -0.317 e. The number of nitrogens with zero attached hydrogens (tertiary/aromatic N) is 1. The van der Waals surface area contributed by atoms with E-state index in [2.05, 4.69) is 33.2 Å². The van der Waals surface area contributed by atoms with Crippen molar-refractivity contribution in [2.45, 2.75) is 18.7 Å². The molecule has 3 nitrogen and oxygen atoms in total. The minimum absolute atomic E-state index is 0.0538. The van der Waals surface area contributed by atoms with Gasteiger partial charge in [-0.3, -0.25) is 9.79 Å². The highest BCUT2D eigenvalue weighted by Gasteiger charge is 2.40. The highest BCUT2D eigenvalue weighted by Crippen LogP contribution is 2.47. The number of thioether (sulfide) groups is 1. The Morgan fingerprint density at radius 2 is 2.54 bits per heavy atom. The molecule has 0 saturated heterocycles. The molecule has 2 aliphatic rings. The quantitative estimate of drug-likeness (QED) is 0.782. The first-order chi connectivity index (χ1) is 6.24. The molecule has 0 fully saturated rings. The lowest BCUT2D eigenvalue weighted by Crippen LogP contribution is -2.38. The van der Waals surface area contributed by atoms with Gasteiger partial charge < -0.3 is 5.32 Å². The van der Waals surface area contributed by atoms with Crippen molar-refractivity contribution in [1.82, 2.24) is 5.32 Å². The maximum Gasteiger partial charge on any atom is 0.235 e. The van der Waals surface area contributed by atoms with Crippen LogP contribution in [0.25, 0.3) is 0 Å². The van der Waals surface area contributed by atoms with Gasteiger partial charge >= 0.3 is 0 Å². The van der Waals surface area contributed by atoms with Gasteiger partial charge in [-0.15, -0.1) is 0 Å². The number of carbonyl (C=O) groups excluding carboxylic acids is 1. The monoisotopic (exact) mass is 260 g/mol. The van der Waals surface area contributed by atoms with Crippen molar-refractivity contribution >= 4 is 39.9 Å². The van der Waals surface area contributed by atoms with Gasteiger partial charge in [-0.05, 0) is 27.9 Å². The zero-order valence-corrected chi connectivity index (χ0v) is 9.48. The molecule has 1 amide bonds. The first kappa shape index (κ1) is 9.27. The number of nitrogens with one attached hydrogen (secondary N) is 1. The first-order valence-corrected chi connectivity index (χ1v) is 5.78. The molecule has 13 heavy (non-hydrogen) atoms. The Kier molecular flexibility index (Phi) is 2.47. The summed E-state index contributed by atoms with van der Waals surface area (Å²) in [5.74, 6) is 0.00757. The lowest BCUT2D eigenvalue weighted by atomic mass is 9.97. The summed E-state index contributed by atoms with van der Waals surface area (Å²) in [6, 6.07) is 0. The zero-order chi connectivity index (χ0) is 9.42. The summed E-state index contributed by atoms with van der Waals surface area (Å²) in [4.78, 5) is 15.7. The lowest BCUT2D eigenvalue weighted by molar-refractivity contribution is -0.122. The second-order valence-corrected chi connectivity index (χ2v) is 5.37. The Bertz CT molecular complexity index is 313. The summed E-state index contributed by atoms with van der Waals surface area (Å²) in [5, 5.41) is 2.69. The molecule has 0 spiro atoms. The van der Waals surface area contributed by atoms with Crippen LogP contribution in [0.1, 0.15) is 13.3 Å². The Morgan fingerprint density at radius 1 is 1.77 bits per heavy atom. The Hall–Kier alpha value is -0.290. The normalized spacial score (nSPS) is 32.0. The smallest absolute Gasteiger partial charge is 0.235 e. The number of halogens is 1. The van der Waals surface area contributed by atoms with Crippen LogP contribution in [-0.4, -0.2) is 17.6 Å². The summed E-state index contributed by atoms with van der Waals surface area (Å²) in [6.07, 6.45) is 2.40. The molecular formula is C8H9BrN2OS. The molecule has 2 unspecified atom stereocenters. The van der Waals surface area contributed by atoms with E-state index in [4.69, 9.17) is 0 Å². The van der Waals surface area contributed by atoms with Crippen LogP contribution in [0, 0.1) is 5.92 Å². The lowest BCUT2D eigenvalue weighted by Gasteiger charge is -2.20. The summed E-state index contributed by atoms with van der Waals surface area (Å²) < 4.78 is 1.08. The highest BCUT2D eigenvalue weighted by molar-refractivity contribution is 9.14. The van der Waals surface area contributed by atoms with E-state index < -0.39 is 0 Å². The standard InChI is InChI=1S/C8H9BrN2OS/c1-2-4-5-7(12)10-3-11-8(5)13-6(4)9/h3,5,8H,2H2,1H3,(H,10,11,12). The van der Waals surface area contributed by atoms with E-state index in [1.807, 2.05) is 0 Å². The number of rotatable bonds is 1. The van der Waals surface area contributed by atoms with Gasteiger partial charge in [0.1, 0.15) is 5.37 Å². The van der Waals surface area contributed by atoms with Crippen molar-refractivity contribution in [1.29, 1.82) is 0 Å². The van der Waals surface area contributed by atoms with E-state index in [0.29, 0.717) is 0 Å². The second kappa shape index (κ2) is 3.46. The summed E-state index contributed by atoms with van der Waals surface area (Å²) >= 11 is 5.09. The van der Waals surface area contributed by atoms with E-state index in [9.17, 15) is 4.79 Å².